The Morgan fingerprint density at radius 1 is 0.590 bits per heavy atom. The number of pyridine rings is 2. The topological polar surface area (TPSA) is 179 Å². The van der Waals surface area contributed by atoms with Crippen molar-refractivity contribution >= 4 is 45.2 Å². The van der Waals surface area contributed by atoms with Gasteiger partial charge in [0.1, 0.15) is 17.1 Å². The van der Waals surface area contributed by atoms with Crippen molar-refractivity contribution in [2.45, 2.75) is 12.4 Å². The largest absolute Gasteiger partial charge is 0.478 e. The Morgan fingerprint density at radius 3 is 1.49 bits per heavy atom. The van der Waals surface area contributed by atoms with Crippen LogP contribution in [0.5, 0.6) is 0 Å². The summed E-state index contributed by atoms with van der Waals surface area (Å²) >= 11 is 0. The zero-order valence-corrected chi connectivity index (χ0v) is 31.0. The lowest BCUT2D eigenvalue weighted by molar-refractivity contribution is -0.138. The number of aromatic carboxylic acids is 1. The van der Waals surface area contributed by atoms with E-state index in [1.807, 2.05) is 0 Å². The number of carboxylic acids is 1. The minimum absolute atomic E-state index is 0.0150. The number of halogens is 6. The van der Waals surface area contributed by atoms with Crippen LogP contribution in [0.1, 0.15) is 31.8 Å². The summed E-state index contributed by atoms with van der Waals surface area (Å²) in [5.41, 5.74) is 3.42. The highest BCUT2D eigenvalue weighted by Crippen LogP contribution is 2.34. The lowest BCUT2D eigenvalue weighted by atomic mass is 10.1. The van der Waals surface area contributed by atoms with E-state index in [0.29, 0.717) is 11.4 Å². The number of nitrogens with one attached hydrogen (secondary N) is 1. The van der Waals surface area contributed by atoms with Gasteiger partial charge in [-0.3, -0.25) is 24.4 Å². The third-order valence-corrected chi connectivity index (χ3v) is 8.54. The van der Waals surface area contributed by atoms with Gasteiger partial charge in [0, 0.05) is 41.9 Å². The second-order valence-electron chi connectivity index (χ2n) is 12.8. The van der Waals surface area contributed by atoms with Gasteiger partial charge in [0.2, 0.25) is 0 Å². The normalized spacial score (nSPS) is 11.2. The quantitative estimate of drug-likeness (QED) is 0.141. The molecule has 4 heterocycles. The minimum Gasteiger partial charge on any atom is -0.478 e. The van der Waals surface area contributed by atoms with Crippen molar-refractivity contribution in [1.82, 2.24) is 9.97 Å². The second kappa shape index (κ2) is 17.8. The van der Waals surface area contributed by atoms with Crippen LogP contribution in [-0.4, -0.2) is 27.0 Å². The Morgan fingerprint density at radius 2 is 1.07 bits per heavy atom. The number of aromatic nitrogens is 2. The number of hydrogen-bond acceptors (Lipinski definition) is 9. The van der Waals surface area contributed by atoms with E-state index in [4.69, 9.17) is 14.6 Å². The van der Waals surface area contributed by atoms with E-state index in [9.17, 15) is 50.6 Å². The number of benzene rings is 4. The monoisotopic (exact) mass is 838 g/mol. The van der Waals surface area contributed by atoms with Crippen molar-refractivity contribution in [3.63, 3.8) is 0 Å². The molecule has 0 atom stereocenters. The lowest BCUT2D eigenvalue weighted by Gasteiger charge is -2.10. The number of carboxylic acid groups (broad SMARTS) is 1. The standard InChI is InChI=1S/C22H13F3N2O3.C17H9F3O4.C5H6N2/c23-22(24,25)14-5-1-4-13(10-14)19-11-18(28)16-7-2-8-17(20(16)30-19)21(29)27-15-6-3-9-26-12-15;18-17(19,20)10-4-1-3-9(7-10)14-8-13(21)11-5-2-6-12(16(22)23)15(11)24-14;6-5-2-1-3-7-4-5/h1-12H,(H,27,29);1-8H,(H,22,23);1-4H,6H2. The van der Waals surface area contributed by atoms with Crippen LogP contribution in [0.3, 0.4) is 0 Å². The number of fused-ring (bicyclic) bond motifs is 2. The number of nitrogens with two attached hydrogens (primary N) is 1. The molecule has 8 rings (SSSR count). The Kier molecular flexibility index (Phi) is 12.4. The number of carbonyl (C=O) groups excluding carboxylic acids is 1. The summed E-state index contributed by atoms with van der Waals surface area (Å²) in [7, 11) is 0. The predicted molar refractivity (Wildman–Crippen MR) is 214 cm³/mol. The fourth-order valence-electron chi connectivity index (χ4n) is 5.69. The van der Waals surface area contributed by atoms with Crippen molar-refractivity contribution in [3.8, 4) is 22.6 Å². The molecule has 0 unspecified atom stereocenters. The Balaban J connectivity index is 0.000000179. The van der Waals surface area contributed by atoms with Gasteiger partial charge in [0.15, 0.2) is 22.0 Å². The zero-order chi connectivity index (χ0) is 43.9. The highest BCUT2D eigenvalue weighted by Gasteiger charge is 2.32. The molecule has 0 aliphatic carbocycles. The fourth-order valence-corrected chi connectivity index (χ4v) is 5.69. The summed E-state index contributed by atoms with van der Waals surface area (Å²) in [6.07, 6.45) is -2.78. The van der Waals surface area contributed by atoms with Crippen molar-refractivity contribution in [2.75, 3.05) is 11.1 Å². The second-order valence-corrected chi connectivity index (χ2v) is 12.8. The molecule has 8 aromatic rings. The van der Waals surface area contributed by atoms with E-state index in [1.54, 1.807) is 42.9 Å². The van der Waals surface area contributed by atoms with Crippen LogP contribution in [-0.2, 0) is 12.4 Å². The number of para-hydroxylation sites is 2. The highest BCUT2D eigenvalue weighted by atomic mass is 19.4. The number of nitrogen functional groups attached to an aromatic ring is 1. The van der Waals surface area contributed by atoms with E-state index in [2.05, 4.69) is 15.3 Å². The van der Waals surface area contributed by atoms with Crippen LogP contribution in [0.15, 0.2) is 165 Å². The van der Waals surface area contributed by atoms with Crippen LogP contribution >= 0.6 is 0 Å². The molecular weight excluding hydrogens is 810 g/mol. The van der Waals surface area contributed by atoms with Gasteiger partial charge in [0.25, 0.3) is 5.91 Å². The molecule has 308 valence electrons. The molecule has 0 saturated heterocycles. The van der Waals surface area contributed by atoms with E-state index in [-0.39, 0.29) is 55.7 Å². The van der Waals surface area contributed by atoms with E-state index < -0.39 is 46.2 Å². The number of alkyl halides is 6. The van der Waals surface area contributed by atoms with Crippen LogP contribution in [0.25, 0.3) is 44.6 Å². The molecule has 11 nitrogen and oxygen atoms in total. The molecule has 0 spiro atoms. The first-order valence-electron chi connectivity index (χ1n) is 17.6. The number of anilines is 2. The number of nitrogens with zero attached hydrogens (tertiary/aromatic N) is 2. The number of amides is 1. The average Bonchev–Trinajstić information content (AvgIpc) is 3.24. The van der Waals surface area contributed by atoms with E-state index in [0.717, 1.165) is 36.4 Å². The summed E-state index contributed by atoms with van der Waals surface area (Å²) in [6, 6.07) is 26.3. The summed E-state index contributed by atoms with van der Waals surface area (Å²) in [6.45, 7) is 0. The average molecular weight is 839 g/mol. The molecule has 0 radical (unpaired) electrons. The summed E-state index contributed by atoms with van der Waals surface area (Å²) in [5.74, 6) is -2.05. The Hall–Kier alpha value is -8.08. The van der Waals surface area contributed by atoms with Crippen molar-refractivity contribution in [2.24, 2.45) is 0 Å². The molecule has 4 aromatic heterocycles. The maximum Gasteiger partial charge on any atom is 0.416 e. The highest BCUT2D eigenvalue weighted by molar-refractivity contribution is 6.11. The van der Waals surface area contributed by atoms with Gasteiger partial charge in [-0.2, -0.15) is 26.3 Å². The van der Waals surface area contributed by atoms with E-state index in [1.165, 1.54) is 66.9 Å². The molecule has 0 fully saturated rings. The maximum atomic E-state index is 13.0. The predicted octanol–water partition coefficient (Wildman–Crippen LogP) is 9.97. The molecule has 0 aliphatic heterocycles. The molecule has 1 amide bonds. The number of hydrogen-bond donors (Lipinski definition) is 3. The lowest BCUT2D eigenvalue weighted by Crippen LogP contribution is -2.13. The molecule has 61 heavy (non-hydrogen) atoms. The van der Waals surface area contributed by atoms with Crippen LogP contribution in [0, 0.1) is 0 Å². The van der Waals surface area contributed by atoms with Crippen LogP contribution in [0.4, 0.5) is 37.7 Å². The molecular formula is C44H28F6N4O7. The SMILES string of the molecule is Nc1cccnc1.O=C(Nc1cccnc1)c1cccc2c(=O)cc(-c3cccc(C(F)(F)F)c3)oc12.O=C(O)c1cccc2c(=O)cc(-c3cccc(C(F)(F)F)c3)oc12. The van der Waals surface area contributed by atoms with E-state index >= 15 is 0 Å². The van der Waals surface area contributed by atoms with Gasteiger partial charge in [0.05, 0.1) is 45.0 Å². The molecule has 4 aromatic carbocycles. The Bertz CT molecular complexity index is 2990. The number of rotatable bonds is 5. The van der Waals surface area contributed by atoms with Gasteiger partial charge in [-0.15, -0.1) is 0 Å². The van der Waals surface area contributed by atoms with Crippen molar-refractivity contribution in [1.29, 1.82) is 0 Å². The van der Waals surface area contributed by atoms with Gasteiger partial charge in [-0.05, 0) is 72.8 Å². The maximum absolute atomic E-state index is 13.0. The first-order valence-corrected chi connectivity index (χ1v) is 17.6. The summed E-state index contributed by atoms with van der Waals surface area (Å²) < 4.78 is 88.8. The third-order valence-electron chi connectivity index (χ3n) is 8.54. The zero-order valence-electron chi connectivity index (χ0n) is 31.0. The first kappa shape index (κ1) is 42.5. The van der Waals surface area contributed by atoms with Gasteiger partial charge >= 0.3 is 18.3 Å². The summed E-state index contributed by atoms with van der Waals surface area (Å²) in [4.78, 5) is 56.4. The molecule has 4 N–H and O–H groups in total. The third kappa shape index (κ3) is 10.3. The molecule has 0 aliphatic rings. The molecule has 17 heteroatoms. The smallest absolute Gasteiger partial charge is 0.416 e. The van der Waals surface area contributed by atoms with Crippen molar-refractivity contribution in [3.05, 3.63) is 189 Å². The molecule has 0 bridgehead atoms. The first-order chi connectivity index (χ1) is 29.0. The van der Waals surface area contributed by atoms with Gasteiger partial charge < -0.3 is 25.0 Å². The van der Waals surface area contributed by atoms with Crippen LogP contribution < -0.4 is 21.9 Å². The minimum atomic E-state index is -4.54. The van der Waals surface area contributed by atoms with Crippen molar-refractivity contribution < 1.29 is 49.9 Å². The van der Waals surface area contributed by atoms with Gasteiger partial charge in [-0.1, -0.05) is 36.4 Å². The van der Waals surface area contributed by atoms with Crippen LogP contribution in [0.2, 0.25) is 0 Å². The number of carbonyl (C=O) groups is 2. The summed E-state index contributed by atoms with van der Waals surface area (Å²) in [5, 5.41) is 12.0. The molecule has 0 saturated carbocycles. The Labute approximate surface area is 339 Å². The fraction of sp³-hybridized carbons (Fsp3) is 0.0455. The van der Waals surface area contributed by atoms with Gasteiger partial charge in [-0.25, -0.2) is 4.79 Å².